The second kappa shape index (κ2) is 5.96. The first-order chi connectivity index (χ1) is 9.08. The highest BCUT2D eigenvalue weighted by Crippen LogP contribution is 2.29. The molecule has 1 aromatic heterocycles. The van der Waals surface area contributed by atoms with Crippen LogP contribution >= 0.6 is 23.1 Å². The maximum absolute atomic E-state index is 12.3. The summed E-state index contributed by atoms with van der Waals surface area (Å²) in [5, 5.41) is 1.73. The molecular formula is C12H14N2O2S3. The van der Waals surface area contributed by atoms with Gasteiger partial charge in [0.2, 0.25) is 0 Å². The number of sulfonamides is 1. The summed E-state index contributed by atoms with van der Waals surface area (Å²) in [4.78, 5) is 1.81. The number of para-hydroxylation sites is 1. The Morgan fingerprint density at radius 2 is 2.05 bits per heavy atom. The third kappa shape index (κ3) is 3.11. The standard InChI is InChI=1S/C12H14N2O2S3/c1-17-10-5-3-2-4-9(10)14-19(15,16)12-6-7-18-11(12)8-13/h2-7,14H,8,13H2,1H3. The molecule has 0 aliphatic rings. The Morgan fingerprint density at radius 1 is 1.32 bits per heavy atom. The van der Waals surface area contributed by atoms with E-state index in [0.717, 1.165) is 4.90 Å². The number of hydrogen-bond donors (Lipinski definition) is 2. The van der Waals surface area contributed by atoms with Crippen molar-refractivity contribution in [1.29, 1.82) is 0 Å². The molecule has 7 heteroatoms. The summed E-state index contributed by atoms with van der Waals surface area (Å²) < 4.78 is 27.3. The fourth-order valence-corrected chi connectivity index (χ4v) is 4.68. The van der Waals surface area contributed by atoms with Crippen LogP contribution < -0.4 is 10.5 Å². The number of thiophene rings is 1. The molecule has 0 radical (unpaired) electrons. The SMILES string of the molecule is CSc1ccccc1NS(=O)(=O)c1ccsc1CN. The lowest BCUT2D eigenvalue weighted by Gasteiger charge is -2.11. The van der Waals surface area contributed by atoms with Gasteiger partial charge < -0.3 is 5.73 Å². The van der Waals surface area contributed by atoms with E-state index >= 15 is 0 Å². The fraction of sp³-hybridized carbons (Fsp3) is 0.167. The van der Waals surface area contributed by atoms with Gasteiger partial charge in [0, 0.05) is 16.3 Å². The molecule has 2 aromatic rings. The normalized spacial score (nSPS) is 11.5. The van der Waals surface area contributed by atoms with Crippen LogP contribution in [0.15, 0.2) is 45.5 Å². The summed E-state index contributed by atoms with van der Waals surface area (Å²) in [5.41, 5.74) is 6.14. The zero-order valence-corrected chi connectivity index (χ0v) is 12.7. The molecule has 0 spiro atoms. The minimum atomic E-state index is -3.58. The second-order valence-electron chi connectivity index (χ2n) is 3.72. The van der Waals surface area contributed by atoms with Crippen molar-refractivity contribution in [2.24, 2.45) is 5.73 Å². The minimum Gasteiger partial charge on any atom is -0.326 e. The second-order valence-corrected chi connectivity index (χ2v) is 7.22. The van der Waals surface area contributed by atoms with Gasteiger partial charge in [0.15, 0.2) is 0 Å². The number of benzene rings is 1. The van der Waals surface area contributed by atoms with Crippen LogP contribution in [0.5, 0.6) is 0 Å². The van der Waals surface area contributed by atoms with Crippen LogP contribution in [-0.4, -0.2) is 14.7 Å². The highest BCUT2D eigenvalue weighted by molar-refractivity contribution is 7.99. The van der Waals surface area contributed by atoms with E-state index in [1.807, 2.05) is 18.4 Å². The van der Waals surface area contributed by atoms with Crippen LogP contribution in [0.2, 0.25) is 0 Å². The average molecular weight is 314 g/mol. The maximum Gasteiger partial charge on any atom is 0.263 e. The molecule has 0 aliphatic heterocycles. The summed E-state index contributed by atoms with van der Waals surface area (Å²) in [5.74, 6) is 0. The smallest absolute Gasteiger partial charge is 0.263 e. The van der Waals surface area contributed by atoms with Crippen molar-refractivity contribution in [2.45, 2.75) is 16.3 Å². The number of hydrogen-bond acceptors (Lipinski definition) is 5. The highest BCUT2D eigenvalue weighted by atomic mass is 32.2. The van der Waals surface area contributed by atoms with Crippen molar-refractivity contribution in [3.05, 3.63) is 40.6 Å². The third-order valence-electron chi connectivity index (χ3n) is 2.53. The molecule has 19 heavy (non-hydrogen) atoms. The van der Waals surface area contributed by atoms with Gasteiger partial charge in [-0.1, -0.05) is 12.1 Å². The van der Waals surface area contributed by atoms with Crippen LogP contribution in [0.1, 0.15) is 4.88 Å². The lowest BCUT2D eigenvalue weighted by atomic mass is 10.3. The topological polar surface area (TPSA) is 72.2 Å². The van der Waals surface area contributed by atoms with Gasteiger partial charge in [-0.25, -0.2) is 8.42 Å². The van der Waals surface area contributed by atoms with Crippen LogP contribution in [0.25, 0.3) is 0 Å². The monoisotopic (exact) mass is 314 g/mol. The molecule has 0 aliphatic carbocycles. The fourth-order valence-electron chi connectivity index (χ4n) is 1.65. The van der Waals surface area contributed by atoms with Crippen LogP contribution in [0, 0.1) is 0 Å². The maximum atomic E-state index is 12.3. The average Bonchev–Trinajstić information content (AvgIpc) is 2.88. The molecule has 4 nitrogen and oxygen atoms in total. The van der Waals surface area contributed by atoms with Crippen molar-refractivity contribution in [1.82, 2.24) is 0 Å². The van der Waals surface area contributed by atoms with Gasteiger partial charge in [0.1, 0.15) is 4.90 Å². The van der Waals surface area contributed by atoms with E-state index in [4.69, 9.17) is 5.73 Å². The summed E-state index contributed by atoms with van der Waals surface area (Å²) in [7, 11) is -3.58. The number of thioether (sulfide) groups is 1. The first-order valence-electron chi connectivity index (χ1n) is 5.50. The molecule has 1 heterocycles. The van der Waals surface area contributed by atoms with E-state index in [-0.39, 0.29) is 11.4 Å². The molecule has 1 aromatic carbocycles. The first kappa shape index (κ1) is 14.4. The van der Waals surface area contributed by atoms with Crippen LogP contribution in [0.3, 0.4) is 0 Å². The lowest BCUT2D eigenvalue weighted by molar-refractivity contribution is 0.600. The number of nitrogens with one attached hydrogen (secondary N) is 1. The zero-order chi connectivity index (χ0) is 13.9. The lowest BCUT2D eigenvalue weighted by Crippen LogP contribution is -2.15. The van der Waals surface area contributed by atoms with Crippen molar-refractivity contribution < 1.29 is 8.42 Å². The summed E-state index contributed by atoms with van der Waals surface area (Å²) in [6, 6.07) is 8.88. The minimum absolute atomic E-state index is 0.220. The summed E-state index contributed by atoms with van der Waals surface area (Å²) in [6.07, 6.45) is 1.91. The summed E-state index contributed by atoms with van der Waals surface area (Å²) >= 11 is 2.84. The van der Waals surface area contributed by atoms with E-state index in [1.165, 1.54) is 23.1 Å². The molecule has 2 rings (SSSR count). The molecule has 0 bridgehead atoms. The highest BCUT2D eigenvalue weighted by Gasteiger charge is 2.20. The predicted molar refractivity (Wildman–Crippen MR) is 81.2 cm³/mol. The number of anilines is 1. The van der Waals surface area contributed by atoms with Crippen molar-refractivity contribution in [3.8, 4) is 0 Å². The number of rotatable bonds is 5. The van der Waals surface area contributed by atoms with Gasteiger partial charge in [-0.2, -0.15) is 0 Å². The number of nitrogens with two attached hydrogens (primary N) is 1. The van der Waals surface area contributed by atoms with E-state index < -0.39 is 10.0 Å². The molecular weight excluding hydrogens is 300 g/mol. The Bertz CT molecular complexity index is 665. The Morgan fingerprint density at radius 3 is 2.74 bits per heavy atom. The van der Waals surface area contributed by atoms with Crippen LogP contribution in [-0.2, 0) is 16.6 Å². The largest absolute Gasteiger partial charge is 0.326 e. The Labute approximate surface area is 121 Å². The van der Waals surface area contributed by atoms with Crippen molar-refractivity contribution >= 4 is 38.8 Å². The van der Waals surface area contributed by atoms with Gasteiger partial charge in [0.25, 0.3) is 10.0 Å². The molecule has 0 unspecified atom stereocenters. The Kier molecular flexibility index (Phi) is 4.51. The summed E-state index contributed by atoms with van der Waals surface area (Å²) in [6.45, 7) is 0.220. The molecule has 0 amide bonds. The van der Waals surface area contributed by atoms with Gasteiger partial charge in [-0.05, 0) is 29.8 Å². The Hall–Kier alpha value is -1.02. The molecule has 0 saturated heterocycles. The van der Waals surface area contributed by atoms with Gasteiger partial charge in [-0.15, -0.1) is 23.1 Å². The van der Waals surface area contributed by atoms with E-state index in [1.54, 1.807) is 23.6 Å². The molecule has 0 fully saturated rings. The van der Waals surface area contributed by atoms with Gasteiger partial charge in [-0.3, -0.25) is 4.72 Å². The van der Waals surface area contributed by atoms with E-state index in [0.29, 0.717) is 10.6 Å². The molecule has 102 valence electrons. The van der Waals surface area contributed by atoms with Crippen LogP contribution in [0.4, 0.5) is 5.69 Å². The van der Waals surface area contributed by atoms with Gasteiger partial charge >= 0.3 is 0 Å². The van der Waals surface area contributed by atoms with Gasteiger partial charge in [0.05, 0.1) is 5.69 Å². The van der Waals surface area contributed by atoms with Crippen molar-refractivity contribution in [3.63, 3.8) is 0 Å². The molecule has 3 N–H and O–H groups in total. The quantitative estimate of drug-likeness (QED) is 0.832. The first-order valence-corrected chi connectivity index (χ1v) is 9.09. The zero-order valence-electron chi connectivity index (χ0n) is 10.3. The third-order valence-corrected chi connectivity index (χ3v) is 5.85. The van der Waals surface area contributed by atoms with Crippen molar-refractivity contribution in [2.75, 3.05) is 11.0 Å². The molecule has 0 saturated carbocycles. The Balaban J connectivity index is 2.37. The molecule has 0 atom stereocenters. The van der Waals surface area contributed by atoms with E-state index in [9.17, 15) is 8.42 Å². The van der Waals surface area contributed by atoms with E-state index in [2.05, 4.69) is 4.72 Å². The predicted octanol–water partition coefficient (Wildman–Crippen LogP) is 2.73.